The Morgan fingerprint density at radius 2 is 1.92 bits per heavy atom. The van der Waals surface area contributed by atoms with Crippen LogP contribution >= 0.6 is 0 Å². The Labute approximate surface area is 220 Å². The van der Waals surface area contributed by atoms with Crippen LogP contribution in [-0.4, -0.2) is 54.7 Å². The molecule has 2 aliphatic rings. The van der Waals surface area contributed by atoms with E-state index in [1.54, 1.807) is 6.92 Å². The molecule has 1 atom stereocenters. The highest BCUT2D eigenvalue weighted by atomic mass is 32.2. The molecule has 0 radical (unpaired) electrons. The van der Waals surface area contributed by atoms with Crippen molar-refractivity contribution in [2.45, 2.75) is 38.6 Å². The predicted molar refractivity (Wildman–Crippen MR) is 145 cm³/mol. The van der Waals surface area contributed by atoms with Crippen molar-refractivity contribution in [1.82, 2.24) is 24.4 Å². The number of rotatable bonds is 4. The van der Waals surface area contributed by atoms with E-state index in [0.29, 0.717) is 11.5 Å². The molecule has 0 fully saturated rings. The fourth-order valence-electron chi connectivity index (χ4n) is 5.66. The number of hydrogen-bond acceptors (Lipinski definition) is 7. The molecule has 11 heteroatoms. The van der Waals surface area contributed by atoms with Gasteiger partial charge in [0.05, 0.1) is 5.39 Å². The molecule has 0 spiro atoms. The smallest absolute Gasteiger partial charge is 0.229 e. The molecule has 0 amide bonds. The van der Waals surface area contributed by atoms with Gasteiger partial charge in [0.1, 0.15) is 0 Å². The van der Waals surface area contributed by atoms with Gasteiger partial charge in [-0.1, -0.05) is 0 Å². The minimum absolute atomic E-state index is 0.135. The van der Waals surface area contributed by atoms with Gasteiger partial charge in [0, 0.05) is 53.4 Å². The highest BCUT2D eigenvalue weighted by Gasteiger charge is 2.29. The number of fused-ring (bicyclic) bond motifs is 1. The molecule has 1 unspecified atom stereocenters. The Kier molecular flexibility index (Phi) is 5.95. The van der Waals surface area contributed by atoms with Crippen molar-refractivity contribution in [2.75, 3.05) is 31.4 Å². The van der Waals surface area contributed by atoms with Gasteiger partial charge in [-0.15, -0.1) is 0 Å². The van der Waals surface area contributed by atoms with Crippen molar-refractivity contribution >= 4 is 38.2 Å². The highest BCUT2D eigenvalue weighted by Crippen LogP contribution is 2.40. The summed E-state index contributed by atoms with van der Waals surface area (Å²) >= 11 is 0. The van der Waals surface area contributed by atoms with Gasteiger partial charge < -0.3 is 10.2 Å². The van der Waals surface area contributed by atoms with E-state index in [1.165, 1.54) is 52.5 Å². The summed E-state index contributed by atoms with van der Waals surface area (Å²) in [5.74, 6) is -0.474. The van der Waals surface area contributed by atoms with E-state index in [9.17, 15) is 8.60 Å². The molecule has 3 aromatic heterocycles. The number of halogens is 2. The third kappa shape index (κ3) is 4.54. The number of likely N-dealkylation sites (N-methyl/N-ethyl adjacent to an activating group) is 1. The first-order valence-corrected chi connectivity index (χ1v) is 14.9. The van der Waals surface area contributed by atoms with Crippen molar-refractivity contribution in [3.05, 3.63) is 64.5 Å². The van der Waals surface area contributed by atoms with E-state index in [-0.39, 0.29) is 28.6 Å². The van der Waals surface area contributed by atoms with E-state index in [2.05, 4.69) is 48.7 Å². The Hall–Kier alpha value is -3.44. The molecule has 4 heterocycles. The summed E-state index contributed by atoms with van der Waals surface area (Å²) in [5.41, 5.74) is 5.61. The van der Waals surface area contributed by atoms with Crippen LogP contribution in [0.25, 0.3) is 16.9 Å². The molecule has 1 N–H and O–H groups in total. The van der Waals surface area contributed by atoms with Crippen molar-refractivity contribution in [3.8, 4) is 5.82 Å². The van der Waals surface area contributed by atoms with Gasteiger partial charge in [0.25, 0.3) is 0 Å². The number of aryl methyl sites for hydroxylation is 2. The quantitative estimate of drug-likeness (QED) is 0.377. The van der Waals surface area contributed by atoms with Crippen LogP contribution in [0.1, 0.15) is 41.0 Å². The second-order valence-electron chi connectivity index (χ2n) is 10.6. The van der Waals surface area contributed by atoms with Crippen LogP contribution < -0.4 is 5.32 Å². The molecule has 1 aliphatic carbocycles. The molecule has 4 aromatic rings. The fourth-order valence-corrected chi connectivity index (χ4v) is 6.26. The molecule has 0 bridgehead atoms. The van der Waals surface area contributed by atoms with E-state index in [0.717, 1.165) is 37.8 Å². The Bertz CT molecular complexity index is 1720. The molecule has 38 heavy (non-hydrogen) atoms. The summed E-state index contributed by atoms with van der Waals surface area (Å²) in [5, 5.41) is 3.42. The third-order valence-electron chi connectivity index (χ3n) is 7.14. The largest absolute Gasteiger partial charge is 0.324 e. The van der Waals surface area contributed by atoms with Gasteiger partial charge in [-0.3, -0.25) is 4.57 Å². The number of nitrogens with zero attached hydrogens (tertiary/aromatic N) is 6. The van der Waals surface area contributed by atoms with Crippen LogP contribution in [0.2, 0.25) is 0 Å². The summed E-state index contributed by atoms with van der Waals surface area (Å²) in [7, 11) is -0.391. The van der Waals surface area contributed by atoms with Gasteiger partial charge in [0.2, 0.25) is 5.95 Å². The van der Waals surface area contributed by atoms with Crippen molar-refractivity contribution in [1.29, 1.82) is 0 Å². The third-order valence-corrected chi connectivity index (χ3v) is 7.75. The molecule has 1 aliphatic heterocycles. The molecule has 8 nitrogen and oxygen atoms in total. The first kappa shape index (κ1) is 24.9. The zero-order valence-electron chi connectivity index (χ0n) is 21.8. The normalized spacial score (nSPS) is 17.5. The maximum absolute atomic E-state index is 15.1. The topological polar surface area (TPSA) is 88.3 Å². The summed E-state index contributed by atoms with van der Waals surface area (Å²) in [6, 6.07) is 5.55. The molecule has 6 rings (SSSR count). The average molecular weight is 538 g/mol. The summed E-state index contributed by atoms with van der Waals surface area (Å²) in [6.45, 7) is 3.60. The van der Waals surface area contributed by atoms with Gasteiger partial charge in [-0.2, -0.15) is 9.35 Å². The Morgan fingerprint density at radius 3 is 2.71 bits per heavy atom. The summed E-state index contributed by atoms with van der Waals surface area (Å²) in [4.78, 5) is 15.5. The lowest BCUT2D eigenvalue weighted by atomic mass is 9.77. The lowest BCUT2D eigenvalue weighted by Gasteiger charge is -2.37. The molecule has 0 saturated carbocycles. The van der Waals surface area contributed by atoms with Crippen molar-refractivity contribution in [2.24, 2.45) is 4.36 Å². The zero-order valence-corrected chi connectivity index (χ0v) is 22.6. The maximum atomic E-state index is 15.1. The van der Waals surface area contributed by atoms with Crippen LogP contribution in [0.15, 0.2) is 35.0 Å². The van der Waals surface area contributed by atoms with Crippen LogP contribution in [0.4, 0.5) is 26.2 Å². The first-order valence-electron chi connectivity index (χ1n) is 12.6. The number of aromatic nitrogens is 4. The lowest BCUT2D eigenvalue weighted by molar-refractivity contribution is 0.266. The number of benzene rings is 1. The van der Waals surface area contributed by atoms with Crippen LogP contribution in [0.3, 0.4) is 0 Å². The van der Waals surface area contributed by atoms with E-state index in [4.69, 9.17) is 0 Å². The minimum atomic E-state index is -2.54. The van der Waals surface area contributed by atoms with Gasteiger partial charge in [-0.05, 0) is 79.6 Å². The lowest BCUT2D eigenvalue weighted by Crippen LogP contribution is -2.33. The number of pyridine rings is 1. The summed E-state index contributed by atoms with van der Waals surface area (Å²) < 4.78 is 47.6. The second kappa shape index (κ2) is 9.09. The van der Waals surface area contributed by atoms with Gasteiger partial charge in [0.15, 0.2) is 28.9 Å². The second-order valence-corrected chi connectivity index (χ2v) is 13.1. The highest BCUT2D eigenvalue weighted by molar-refractivity contribution is 7.92. The van der Waals surface area contributed by atoms with Gasteiger partial charge >= 0.3 is 0 Å². The molecular weight excluding hydrogens is 508 g/mol. The van der Waals surface area contributed by atoms with Crippen LogP contribution in [-0.2, 0) is 22.7 Å². The predicted octanol–water partition coefficient (Wildman–Crippen LogP) is 5.37. The standard InChI is InChI=1S/C27H29F2N7OS/c1-15-8-21(28)26(32-24(15)34-38(3,4)37)36-14-22(29)20-11-30-27(33-25(20)36)31-19-9-16-6-5-7-17-12-35(2)13-18(10-19)23(16)17/h8-11,14,17H,5-7,12-13H2,1-4H3,(H,30,31,33). The monoisotopic (exact) mass is 537 g/mol. The number of nitrogens with one attached hydrogen (secondary N) is 1. The number of anilines is 2. The Balaban J connectivity index is 1.42. The zero-order chi connectivity index (χ0) is 26.8. The number of hydrogen-bond donors (Lipinski definition) is 1. The summed E-state index contributed by atoms with van der Waals surface area (Å²) in [6.07, 6.45) is 8.87. The van der Waals surface area contributed by atoms with Crippen molar-refractivity contribution < 1.29 is 13.0 Å². The van der Waals surface area contributed by atoms with Crippen molar-refractivity contribution in [3.63, 3.8) is 0 Å². The first-order chi connectivity index (χ1) is 18.1. The maximum Gasteiger partial charge on any atom is 0.229 e. The fraction of sp³-hybridized carbons (Fsp3) is 0.370. The van der Waals surface area contributed by atoms with Crippen LogP contribution in [0.5, 0.6) is 0 Å². The van der Waals surface area contributed by atoms with Crippen LogP contribution in [0, 0.1) is 18.6 Å². The minimum Gasteiger partial charge on any atom is -0.324 e. The molecule has 0 saturated heterocycles. The SMILES string of the molecule is Cc1cc(F)c(-n2cc(F)c3cnc(Nc4cc5c6c(c4)CN(C)CC6CCC5)nc32)nc1N=S(C)(C)=O. The molecule has 1 aromatic carbocycles. The van der Waals surface area contributed by atoms with E-state index < -0.39 is 21.4 Å². The molecular formula is C27H29F2N7OS. The van der Waals surface area contributed by atoms with E-state index in [1.807, 2.05) is 0 Å². The Morgan fingerprint density at radius 1 is 1.13 bits per heavy atom. The molecule has 198 valence electrons. The van der Waals surface area contributed by atoms with Gasteiger partial charge in [-0.25, -0.2) is 23.0 Å². The van der Waals surface area contributed by atoms with E-state index >= 15 is 4.39 Å². The average Bonchev–Trinajstić information content (AvgIpc) is 3.15.